The molecular formula is C19H22F4N2O3. The molecule has 0 radical (unpaired) electrons. The average molecular weight is 402 g/mol. The normalized spacial score (nSPS) is 25.7. The van der Waals surface area contributed by atoms with Crippen molar-refractivity contribution in [3.05, 3.63) is 24.0 Å². The molecule has 1 saturated carbocycles. The molecule has 5 nitrogen and oxygen atoms in total. The van der Waals surface area contributed by atoms with Gasteiger partial charge in [-0.05, 0) is 44.2 Å². The Morgan fingerprint density at radius 1 is 1.18 bits per heavy atom. The first-order valence-electron chi connectivity index (χ1n) is 9.24. The number of rotatable bonds is 4. The van der Waals surface area contributed by atoms with Gasteiger partial charge < -0.3 is 15.0 Å². The van der Waals surface area contributed by atoms with E-state index in [0.29, 0.717) is 6.42 Å². The van der Waals surface area contributed by atoms with Crippen LogP contribution in [0.3, 0.4) is 0 Å². The summed E-state index contributed by atoms with van der Waals surface area (Å²) in [6, 6.07) is 3.18. The Morgan fingerprint density at radius 2 is 1.86 bits per heavy atom. The minimum absolute atomic E-state index is 0.000990. The van der Waals surface area contributed by atoms with Crippen LogP contribution in [-0.4, -0.2) is 42.1 Å². The Balaban J connectivity index is 1.61. The molecule has 2 amide bonds. The first-order valence-corrected chi connectivity index (χ1v) is 9.24. The van der Waals surface area contributed by atoms with Crippen molar-refractivity contribution in [1.29, 1.82) is 0 Å². The van der Waals surface area contributed by atoms with Crippen LogP contribution in [-0.2, 0) is 9.59 Å². The van der Waals surface area contributed by atoms with Crippen molar-refractivity contribution in [3.8, 4) is 5.75 Å². The number of hydrogen-bond acceptors (Lipinski definition) is 3. The molecule has 154 valence electrons. The summed E-state index contributed by atoms with van der Waals surface area (Å²) < 4.78 is 58.0. The highest BCUT2D eigenvalue weighted by molar-refractivity contribution is 5.99. The van der Waals surface area contributed by atoms with Crippen molar-refractivity contribution in [2.45, 2.75) is 56.8 Å². The molecule has 0 spiro atoms. The van der Waals surface area contributed by atoms with Crippen LogP contribution in [0.25, 0.3) is 0 Å². The Hall–Kier alpha value is -2.32. The van der Waals surface area contributed by atoms with Crippen LogP contribution in [0.5, 0.6) is 5.75 Å². The predicted molar refractivity (Wildman–Crippen MR) is 93.3 cm³/mol. The van der Waals surface area contributed by atoms with Gasteiger partial charge in [0.25, 0.3) is 0 Å². The third kappa shape index (κ3) is 4.56. The van der Waals surface area contributed by atoms with E-state index in [0.717, 1.165) is 6.07 Å². The fraction of sp³-hybridized carbons (Fsp3) is 0.579. The van der Waals surface area contributed by atoms with Crippen LogP contribution in [0.1, 0.15) is 38.5 Å². The van der Waals surface area contributed by atoms with Gasteiger partial charge in [0.1, 0.15) is 17.6 Å². The number of nitrogens with one attached hydrogen (secondary N) is 1. The Morgan fingerprint density at radius 3 is 2.43 bits per heavy atom. The van der Waals surface area contributed by atoms with Crippen molar-refractivity contribution in [3.63, 3.8) is 0 Å². The summed E-state index contributed by atoms with van der Waals surface area (Å²) in [6.45, 7) is 0. The number of benzene rings is 1. The second-order valence-electron chi connectivity index (χ2n) is 7.32. The maximum atomic E-state index is 14.1. The van der Waals surface area contributed by atoms with E-state index in [1.165, 1.54) is 24.1 Å². The molecule has 1 unspecified atom stereocenters. The van der Waals surface area contributed by atoms with Crippen LogP contribution < -0.4 is 10.1 Å². The number of anilines is 1. The lowest BCUT2D eigenvalue weighted by molar-refractivity contribution is -0.185. The quantitative estimate of drug-likeness (QED) is 0.778. The first kappa shape index (κ1) is 20.4. The number of ether oxygens (including phenoxy) is 1. The number of likely N-dealkylation sites (N-methyl/N-ethyl adjacent to an activating group) is 1. The van der Waals surface area contributed by atoms with Gasteiger partial charge in [-0.3, -0.25) is 9.59 Å². The number of likely N-dealkylation sites (tertiary alicyclic amines) is 1. The van der Waals surface area contributed by atoms with Crippen LogP contribution in [0.2, 0.25) is 0 Å². The molecule has 3 rings (SSSR count). The maximum absolute atomic E-state index is 14.1. The van der Waals surface area contributed by atoms with E-state index in [-0.39, 0.29) is 55.6 Å². The summed E-state index contributed by atoms with van der Waals surface area (Å²) in [5, 5.41) is 2.47. The highest BCUT2D eigenvalue weighted by Gasteiger charge is 2.41. The number of alkyl halides is 3. The zero-order valence-electron chi connectivity index (χ0n) is 15.4. The number of nitrogens with zero attached hydrogens (tertiary/aromatic N) is 1. The second-order valence-corrected chi connectivity index (χ2v) is 7.32. The highest BCUT2D eigenvalue weighted by Crippen LogP contribution is 2.38. The monoisotopic (exact) mass is 402 g/mol. The molecule has 0 aromatic heterocycles. The minimum atomic E-state index is -4.19. The van der Waals surface area contributed by atoms with Gasteiger partial charge in [-0.15, -0.1) is 0 Å². The van der Waals surface area contributed by atoms with Gasteiger partial charge >= 0.3 is 6.18 Å². The standard InChI is InChI=1S/C19H22F4N2O3/c1-25-16(8-9-17(25)26)18(27)24-15-10-13(6-7-14(15)20)28-12-4-2-11(3-5-12)19(21,22)23/h6-7,10-12,16H,2-5,8-9H2,1H3,(H,24,27). The van der Waals surface area contributed by atoms with E-state index in [1.54, 1.807) is 0 Å². The Labute approximate surface area is 160 Å². The molecule has 1 heterocycles. The molecule has 1 atom stereocenters. The van der Waals surface area contributed by atoms with Gasteiger partial charge in [0.15, 0.2) is 0 Å². The number of halogens is 4. The summed E-state index contributed by atoms with van der Waals surface area (Å²) >= 11 is 0. The van der Waals surface area contributed by atoms with Crippen molar-refractivity contribution in [2.24, 2.45) is 5.92 Å². The fourth-order valence-electron chi connectivity index (χ4n) is 3.70. The third-order valence-electron chi connectivity index (χ3n) is 5.43. The highest BCUT2D eigenvalue weighted by atomic mass is 19.4. The van der Waals surface area contributed by atoms with Crippen molar-refractivity contribution in [2.75, 3.05) is 12.4 Å². The molecule has 1 N–H and O–H groups in total. The molecule has 1 aromatic rings. The number of carbonyl (C=O) groups excluding carboxylic acids is 2. The first-order chi connectivity index (χ1) is 13.1. The Kier molecular flexibility index (Phi) is 5.81. The van der Waals surface area contributed by atoms with E-state index in [1.807, 2.05) is 0 Å². The SMILES string of the molecule is CN1C(=O)CCC1C(=O)Nc1cc(OC2CCC(C(F)(F)F)CC2)ccc1F. The molecule has 2 aliphatic rings. The van der Waals surface area contributed by atoms with Gasteiger partial charge in [-0.1, -0.05) is 0 Å². The van der Waals surface area contributed by atoms with Gasteiger partial charge in [0.05, 0.1) is 17.7 Å². The summed E-state index contributed by atoms with van der Waals surface area (Å²) in [5.74, 6) is -2.32. The van der Waals surface area contributed by atoms with Gasteiger partial charge in [-0.2, -0.15) is 13.2 Å². The van der Waals surface area contributed by atoms with Crippen molar-refractivity contribution < 1.29 is 31.9 Å². The largest absolute Gasteiger partial charge is 0.490 e. The van der Waals surface area contributed by atoms with Gasteiger partial charge in [-0.25, -0.2) is 4.39 Å². The van der Waals surface area contributed by atoms with Crippen LogP contribution in [0.4, 0.5) is 23.2 Å². The summed E-state index contributed by atoms with van der Waals surface area (Å²) in [4.78, 5) is 25.2. The average Bonchev–Trinajstić information content (AvgIpc) is 2.97. The molecule has 2 fully saturated rings. The maximum Gasteiger partial charge on any atom is 0.391 e. The lowest BCUT2D eigenvalue weighted by Gasteiger charge is -2.30. The fourth-order valence-corrected chi connectivity index (χ4v) is 3.70. The summed E-state index contributed by atoms with van der Waals surface area (Å²) in [7, 11) is 1.52. The zero-order valence-corrected chi connectivity index (χ0v) is 15.4. The molecule has 1 aliphatic heterocycles. The molecule has 1 aromatic carbocycles. The summed E-state index contributed by atoms with van der Waals surface area (Å²) in [5.41, 5.74) is -0.0840. The van der Waals surface area contributed by atoms with Crippen molar-refractivity contribution >= 4 is 17.5 Å². The van der Waals surface area contributed by atoms with E-state index in [9.17, 15) is 27.2 Å². The smallest absolute Gasteiger partial charge is 0.391 e. The molecular weight excluding hydrogens is 380 g/mol. The number of amides is 2. The predicted octanol–water partition coefficient (Wildman–Crippen LogP) is 3.88. The van der Waals surface area contributed by atoms with E-state index in [4.69, 9.17) is 4.74 Å². The molecule has 9 heteroatoms. The Bertz CT molecular complexity index is 745. The second kappa shape index (κ2) is 7.97. The number of carbonyl (C=O) groups is 2. The van der Waals surface area contributed by atoms with Gasteiger partial charge in [0, 0.05) is 19.5 Å². The topological polar surface area (TPSA) is 58.6 Å². The third-order valence-corrected chi connectivity index (χ3v) is 5.43. The minimum Gasteiger partial charge on any atom is -0.490 e. The molecule has 1 saturated heterocycles. The zero-order chi connectivity index (χ0) is 20.5. The molecule has 28 heavy (non-hydrogen) atoms. The van der Waals surface area contributed by atoms with E-state index < -0.39 is 29.9 Å². The van der Waals surface area contributed by atoms with E-state index >= 15 is 0 Å². The van der Waals surface area contributed by atoms with Crippen LogP contribution in [0.15, 0.2) is 18.2 Å². The number of hydrogen-bond donors (Lipinski definition) is 1. The van der Waals surface area contributed by atoms with Crippen molar-refractivity contribution in [1.82, 2.24) is 4.90 Å². The molecule has 1 aliphatic carbocycles. The lowest BCUT2D eigenvalue weighted by Crippen LogP contribution is -2.39. The van der Waals surface area contributed by atoms with Gasteiger partial charge in [0.2, 0.25) is 11.8 Å². The summed E-state index contributed by atoms with van der Waals surface area (Å²) in [6.07, 6.45) is -3.42. The van der Waals surface area contributed by atoms with Crippen LogP contribution >= 0.6 is 0 Å². The lowest BCUT2D eigenvalue weighted by atomic mass is 9.87. The van der Waals surface area contributed by atoms with Crippen LogP contribution in [0, 0.1) is 11.7 Å². The molecule has 0 bridgehead atoms. The van der Waals surface area contributed by atoms with E-state index in [2.05, 4.69) is 5.32 Å².